The van der Waals surface area contributed by atoms with Crippen LogP contribution >= 0.6 is 0 Å². The number of sulfonamides is 1. The lowest BCUT2D eigenvalue weighted by atomic mass is 10.1. The molecule has 1 aliphatic rings. The summed E-state index contributed by atoms with van der Waals surface area (Å²) >= 11 is 0. The zero-order valence-corrected chi connectivity index (χ0v) is 15.8. The molecule has 5 nitrogen and oxygen atoms in total. The Morgan fingerprint density at radius 3 is 2.52 bits per heavy atom. The van der Waals surface area contributed by atoms with E-state index in [1.165, 1.54) is 0 Å². The van der Waals surface area contributed by atoms with E-state index in [-0.39, 0.29) is 10.8 Å². The maximum atomic E-state index is 12.9. The van der Waals surface area contributed by atoms with Gasteiger partial charge in [0.05, 0.1) is 10.6 Å². The summed E-state index contributed by atoms with van der Waals surface area (Å²) in [6, 6.07) is 18.1. The topological polar surface area (TPSA) is 66.5 Å². The monoisotopic (exact) mass is 380 g/mol. The SMILES string of the molecule is Cc1cc(S(=O)(=O)Nc2cccc3ccccc23)ccc1N1CCCC1=O. The number of fused-ring (bicyclic) bond motifs is 1. The number of carbonyl (C=O) groups excluding carboxylic acids is 1. The van der Waals surface area contributed by atoms with E-state index in [2.05, 4.69) is 4.72 Å². The van der Waals surface area contributed by atoms with Gasteiger partial charge in [0.25, 0.3) is 10.0 Å². The van der Waals surface area contributed by atoms with Crippen LogP contribution in [-0.4, -0.2) is 20.9 Å². The van der Waals surface area contributed by atoms with Crippen LogP contribution in [0.5, 0.6) is 0 Å². The second kappa shape index (κ2) is 6.70. The second-order valence-electron chi connectivity index (χ2n) is 6.73. The Morgan fingerprint density at radius 2 is 1.78 bits per heavy atom. The average molecular weight is 380 g/mol. The van der Waals surface area contributed by atoms with Gasteiger partial charge in [-0.1, -0.05) is 36.4 Å². The number of nitrogens with one attached hydrogen (secondary N) is 1. The van der Waals surface area contributed by atoms with E-state index >= 15 is 0 Å². The van der Waals surface area contributed by atoms with Crippen LogP contribution in [-0.2, 0) is 14.8 Å². The summed E-state index contributed by atoms with van der Waals surface area (Å²) in [5.41, 5.74) is 2.09. The van der Waals surface area contributed by atoms with Crippen molar-refractivity contribution < 1.29 is 13.2 Å². The molecule has 0 spiro atoms. The standard InChI is InChI=1S/C21H20N2O3S/c1-15-14-17(11-12-20(15)23-13-5-10-21(23)24)27(25,26)22-19-9-4-7-16-6-2-3-8-18(16)19/h2-4,6-9,11-12,14,22H,5,10,13H2,1H3. The number of nitrogens with zero attached hydrogens (tertiary/aromatic N) is 1. The molecular formula is C21H20N2O3S. The Labute approximate surface area is 158 Å². The van der Waals surface area contributed by atoms with Gasteiger partial charge in [-0.25, -0.2) is 8.42 Å². The Balaban J connectivity index is 1.68. The maximum Gasteiger partial charge on any atom is 0.261 e. The normalized spacial score (nSPS) is 14.7. The summed E-state index contributed by atoms with van der Waals surface area (Å²) in [7, 11) is -3.73. The Kier molecular flexibility index (Phi) is 4.36. The molecule has 1 amide bonds. The van der Waals surface area contributed by atoms with Gasteiger partial charge in [0, 0.05) is 24.0 Å². The number of rotatable bonds is 4. The third-order valence-electron chi connectivity index (χ3n) is 4.88. The van der Waals surface area contributed by atoms with E-state index in [0.29, 0.717) is 18.7 Å². The van der Waals surface area contributed by atoms with Crippen molar-refractivity contribution in [3.8, 4) is 0 Å². The quantitative estimate of drug-likeness (QED) is 0.742. The van der Waals surface area contributed by atoms with Crippen molar-refractivity contribution in [2.45, 2.75) is 24.7 Å². The van der Waals surface area contributed by atoms with Crippen LogP contribution in [0.15, 0.2) is 65.6 Å². The summed E-state index contributed by atoms with van der Waals surface area (Å²) < 4.78 is 28.5. The van der Waals surface area contributed by atoms with Crippen molar-refractivity contribution in [3.05, 3.63) is 66.2 Å². The molecule has 0 radical (unpaired) electrons. The molecule has 138 valence electrons. The third-order valence-corrected chi connectivity index (χ3v) is 6.24. The summed E-state index contributed by atoms with van der Waals surface area (Å²) in [5, 5.41) is 1.82. The second-order valence-corrected chi connectivity index (χ2v) is 8.41. The smallest absolute Gasteiger partial charge is 0.261 e. The van der Waals surface area contributed by atoms with E-state index in [9.17, 15) is 13.2 Å². The summed E-state index contributed by atoms with van der Waals surface area (Å²) in [5.74, 6) is 0.0857. The van der Waals surface area contributed by atoms with Crippen molar-refractivity contribution in [2.75, 3.05) is 16.2 Å². The van der Waals surface area contributed by atoms with E-state index < -0.39 is 10.0 Å². The molecule has 1 fully saturated rings. The number of aryl methyl sites for hydroxylation is 1. The van der Waals surface area contributed by atoms with Crippen LogP contribution in [0.1, 0.15) is 18.4 Å². The van der Waals surface area contributed by atoms with Crippen molar-refractivity contribution in [1.82, 2.24) is 0 Å². The van der Waals surface area contributed by atoms with E-state index in [0.717, 1.165) is 28.4 Å². The Morgan fingerprint density at radius 1 is 1.00 bits per heavy atom. The molecular weight excluding hydrogens is 360 g/mol. The minimum Gasteiger partial charge on any atom is -0.312 e. The lowest BCUT2D eigenvalue weighted by Crippen LogP contribution is -2.24. The Bertz CT molecular complexity index is 1130. The molecule has 1 saturated heterocycles. The van der Waals surface area contributed by atoms with Crippen LogP contribution in [0.2, 0.25) is 0 Å². The molecule has 0 aromatic heterocycles. The highest BCUT2D eigenvalue weighted by Crippen LogP contribution is 2.29. The molecule has 0 unspecified atom stereocenters. The fraction of sp³-hybridized carbons (Fsp3) is 0.190. The van der Waals surface area contributed by atoms with E-state index in [4.69, 9.17) is 0 Å². The summed E-state index contributed by atoms with van der Waals surface area (Å²) in [4.78, 5) is 13.9. The summed E-state index contributed by atoms with van der Waals surface area (Å²) in [6.07, 6.45) is 1.38. The number of benzene rings is 3. The molecule has 27 heavy (non-hydrogen) atoms. The third kappa shape index (κ3) is 3.28. The van der Waals surface area contributed by atoms with Crippen LogP contribution in [0, 0.1) is 6.92 Å². The number of anilines is 2. The van der Waals surface area contributed by atoms with Gasteiger partial charge >= 0.3 is 0 Å². The van der Waals surface area contributed by atoms with Crippen molar-refractivity contribution in [3.63, 3.8) is 0 Å². The van der Waals surface area contributed by atoms with Gasteiger partial charge in [-0.3, -0.25) is 9.52 Å². The minimum atomic E-state index is -3.73. The molecule has 0 bridgehead atoms. The fourth-order valence-electron chi connectivity index (χ4n) is 3.52. The van der Waals surface area contributed by atoms with E-state index in [1.54, 1.807) is 29.2 Å². The highest BCUT2D eigenvalue weighted by atomic mass is 32.2. The first-order valence-corrected chi connectivity index (χ1v) is 10.4. The molecule has 1 heterocycles. The first kappa shape index (κ1) is 17.5. The molecule has 1 N–H and O–H groups in total. The predicted octanol–water partition coefficient (Wildman–Crippen LogP) is 4.08. The van der Waals surface area contributed by atoms with Gasteiger partial charge in [0.2, 0.25) is 5.91 Å². The summed E-state index contributed by atoms with van der Waals surface area (Å²) in [6.45, 7) is 2.51. The minimum absolute atomic E-state index is 0.0857. The largest absolute Gasteiger partial charge is 0.312 e. The van der Waals surface area contributed by atoms with Gasteiger partial charge in [0.1, 0.15) is 0 Å². The van der Waals surface area contributed by atoms with Gasteiger partial charge in [-0.2, -0.15) is 0 Å². The van der Waals surface area contributed by atoms with Crippen molar-refractivity contribution in [1.29, 1.82) is 0 Å². The zero-order valence-electron chi connectivity index (χ0n) is 15.0. The number of amides is 1. The van der Waals surface area contributed by atoms with Crippen LogP contribution in [0.25, 0.3) is 10.8 Å². The first-order chi connectivity index (χ1) is 13.0. The number of carbonyl (C=O) groups is 1. The predicted molar refractivity (Wildman–Crippen MR) is 108 cm³/mol. The molecule has 1 aliphatic heterocycles. The number of hydrogen-bond donors (Lipinski definition) is 1. The van der Waals surface area contributed by atoms with Crippen LogP contribution in [0.3, 0.4) is 0 Å². The Hall–Kier alpha value is -2.86. The highest BCUT2D eigenvalue weighted by molar-refractivity contribution is 7.92. The molecule has 0 atom stereocenters. The van der Waals surface area contributed by atoms with E-state index in [1.807, 2.05) is 43.3 Å². The lowest BCUT2D eigenvalue weighted by Gasteiger charge is -2.19. The van der Waals surface area contributed by atoms with Gasteiger partial charge < -0.3 is 4.90 Å². The van der Waals surface area contributed by atoms with Crippen LogP contribution < -0.4 is 9.62 Å². The lowest BCUT2D eigenvalue weighted by molar-refractivity contribution is -0.117. The van der Waals surface area contributed by atoms with Gasteiger partial charge in [-0.05, 0) is 48.6 Å². The fourth-order valence-corrected chi connectivity index (χ4v) is 4.68. The van der Waals surface area contributed by atoms with Gasteiger partial charge in [-0.15, -0.1) is 0 Å². The highest BCUT2D eigenvalue weighted by Gasteiger charge is 2.24. The molecule has 3 aromatic rings. The molecule has 0 aliphatic carbocycles. The molecule has 4 rings (SSSR count). The molecule has 6 heteroatoms. The maximum absolute atomic E-state index is 12.9. The average Bonchev–Trinajstić information content (AvgIpc) is 3.07. The molecule has 3 aromatic carbocycles. The number of hydrogen-bond acceptors (Lipinski definition) is 3. The zero-order chi connectivity index (χ0) is 19.0. The van der Waals surface area contributed by atoms with Gasteiger partial charge in [0.15, 0.2) is 0 Å². The first-order valence-electron chi connectivity index (χ1n) is 8.87. The van der Waals surface area contributed by atoms with Crippen LogP contribution in [0.4, 0.5) is 11.4 Å². The molecule has 0 saturated carbocycles. The van der Waals surface area contributed by atoms with Crippen molar-refractivity contribution >= 4 is 38.1 Å². The van der Waals surface area contributed by atoms with Crippen molar-refractivity contribution in [2.24, 2.45) is 0 Å².